The molecule has 0 fully saturated rings. The van der Waals surface area contributed by atoms with Crippen molar-refractivity contribution >= 4 is 10.9 Å². The van der Waals surface area contributed by atoms with Crippen LogP contribution in [-0.4, -0.2) is 26.2 Å². The molecule has 0 aliphatic rings. The van der Waals surface area contributed by atoms with E-state index in [0.29, 0.717) is 6.54 Å². The molecule has 0 spiro atoms. The minimum absolute atomic E-state index is 0.118. The molecule has 0 saturated carbocycles. The van der Waals surface area contributed by atoms with Crippen molar-refractivity contribution in [2.45, 2.75) is 6.54 Å². The van der Waals surface area contributed by atoms with Gasteiger partial charge in [-0.3, -0.25) is 0 Å². The number of hydrogen-bond donors (Lipinski definition) is 2. The topological polar surface area (TPSA) is 53.8 Å². The van der Waals surface area contributed by atoms with Crippen molar-refractivity contribution in [2.75, 3.05) is 6.61 Å². The second-order valence-electron chi connectivity index (χ2n) is 3.91. The summed E-state index contributed by atoms with van der Waals surface area (Å²) in [7, 11) is 0. The number of rotatable bonds is 3. The molecule has 0 amide bonds. The van der Waals surface area contributed by atoms with Crippen LogP contribution in [0.2, 0.25) is 0 Å². The number of nitrogens with zero attached hydrogens (tertiary/aromatic N) is 2. The van der Waals surface area contributed by atoms with E-state index >= 15 is 0 Å². The first kappa shape index (κ1) is 10.1. The first-order valence-electron chi connectivity index (χ1n) is 5.58. The zero-order valence-electron chi connectivity index (χ0n) is 9.30. The third-order valence-corrected chi connectivity index (χ3v) is 2.89. The van der Waals surface area contributed by atoms with Gasteiger partial charge in [0.25, 0.3) is 0 Å². The van der Waals surface area contributed by atoms with Gasteiger partial charge in [0.2, 0.25) is 0 Å². The van der Waals surface area contributed by atoms with E-state index < -0.39 is 0 Å². The summed E-state index contributed by atoms with van der Waals surface area (Å²) in [4.78, 5) is 7.56. The molecular weight excluding hydrogens is 214 g/mol. The van der Waals surface area contributed by atoms with E-state index in [1.165, 1.54) is 0 Å². The fourth-order valence-corrected chi connectivity index (χ4v) is 2.12. The number of aromatic amines is 1. The number of fused-ring (bicyclic) bond motifs is 1. The van der Waals surface area contributed by atoms with Gasteiger partial charge in [0, 0.05) is 41.6 Å². The van der Waals surface area contributed by atoms with Crippen LogP contribution in [0.1, 0.15) is 0 Å². The zero-order valence-corrected chi connectivity index (χ0v) is 9.30. The van der Waals surface area contributed by atoms with Crippen molar-refractivity contribution in [3.8, 4) is 11.4 Å². The highest BCUT2D eigenvalue weighted by molar-refractivity contribution is 5.93. The van der Waals surface area contributed by atoms with Crippen LogP contribution in [0.4, 0.5) is 0 Å². The van der Waals surface area contributed by atoms with Crippen LogP contribution in [0.5, 0.6) is 0 Å². The van der Waals surface area contributed by atoms with E-state index in [-0.39, 0.29) is 6.61 Å². The maximum Gasteiger partial charge on any atom is 0.140 e. The highest BCUT2D eigenvalue weighted by atomic mass is 16.3. The summed E-state index contributed by atoms with van der Waals surface area (Å²) in [6.07, 6.45) is 5.57. The Bertz CT molecular complexity index is 639. The fourth-order valence-electron chi connectivity index (χ4n) is 2.12. The van der Waals surface area contributed by atoms with Crippen LogP contribution < -0.4 is 0 Å². The predicted molar refractivity (Wildman–Crippen MR) is 66.6 cm³/mol. The number of imidazole rings is 1. The Morgan fingerprint density at radius 2 is 2.24 bits per heavy atom. The Kier molecular flexibility index (Phi) is 2.42. The first-order valence-corrected chi connectivity index (χ1v) is 5.58. The third kappa shape index (κ3) is 1.62. The van der Waals surface area contributed by atoms with Crippen molar-refractivity contribution in [3.63, 3.8) is 0 Å². The van der Waals surface area contributed by atoms with Gasteiger partial charge < -0.3 is 14.7 Å². The van der Waals surface area contributed by atoms with Crippen LogP contribution in [0, 0.1) is 0 Å². The maximum atomic E-state index is 9.03. The van der Waals surface area contributed by atoms with Crippen molar-refractivity contribution in [3.05, 3.63) is 42.9 Å². The molecule has 4 nitrogen and oxygen atoms in total. The standard InChI is InChI=1S/C13H13N3O/c17-9-8-16-7-6-15-13(16)11-2-1-3-12-10(11)4-5-14-12/h1-7,14,17H,8-9H2. The molecule has 0 atom stereocenters. The Morgan fingerprint density at radius 1 is 1.29 bits per heavy atom. The number of hydrogen-bond acceptors (Lipinski definition) is 2. The van der Waals surface area contributed by atoms with E-state index in [1.807, 2.05) is 41.2 Å². The Labute approximate surface area is 98.5 Å². The SMILES string of the molecule is OCCn1ccnc1-c1cccc2[nH]ccc12. The summed E-state index contributed by atoms with van der Waals surface area (Å²) in [6, 6.07) is 8.14. The quantitative estimate of drug-likeness (QED) is 0.719. The lowest BCUT2D eigenvalue weighted by atomic mass is 10.1. The van der Waals surface area contributed by atoms with E-state index in [2.05, 4.69) is 9.97 Å². The largest absolute Gasteiger partial charge is 0.395 e. The molecular formula is C13H13N3O. The molecule has 0 saturated heterocycles. The summed E-state index contributed by atoms with van der Waals surface area (Å²) in [5, 5.41) is 10.2. The minimum Gasteiger partial charge on any atom is -0.395 e. The molecule has 2 aromatic heterocycles. The Morgan fingerprint density at radius 3 is 3.12 bits per heavy atom. The minimum atomic E-state index is 0.118. The molecule has 86 valence electrons. The lowest BCUT2D eigenvalue weighted by molar-refractivity contribution is 0.277. The van der Waals surface area contributed by atoms with Crippen molar-refractivity contribution < 1.29 is 5.11 Å². The van der Waals surface area contributed by atoms with Gasteiger partial charge in [-0.05, 0) is 12.1 Å². The molecule has 3 rings (SSSR count). The maximum absolute atomic E-state index is 9.03. The first-order chi connectivity index (χ1) is 8.40. The highest BCUT2D eigenvalue weighted by Gasteiger charge is 2.09. The third-order valence-electron chi connectivity index (χ3n) is 2.89. The monoisotopic (exact) mass is 227 g/mol. The van der Waals surface area contributed by atoms with Crippen LogP contribution in [0.15, 0.2) is 42.9 Å². The van der Waals surface area contributed by atoms with Crippen molar-refractivity contribution in [2.24, 2.45) is 0 Å². The molecule has 0 bridgehead atoms. The summed E-state index contributed by atoms with van der Waals surface area (Å²) in [5.41, 5.74) is 2.18. The van der Waals surface area contributed by atoms with Crippen LogP contribution in [-0.2, 0) is 6.54 Å². The molecule has 0 aliphatic heterocycles. The molecule has 17 heavy (non-hydrogen) atoms. The van der Waals surface area contributed by atoms with Gasteiger partial charge >= 0.3 is 0 Å². The van der Waals surface area contributed by atoms with Gasteiger partial charge in [0.1, 0.15) is 5.82 Å². The second-order valence-corrected chi connectivity index (χ2v) is 3.91. The lowest BCUT2D eigenvalue weighted by Crippen LogP contribution is -2.02. The van der Waals surface area contributed by atoms with Gasteiger partial charge in [-0.25, -0.2) is 4.98 Å². The number of benzene rings is 1. The van der Waals surface area contributed by atoms with Gasteiger partial charge in [-0.2, -0.15) is 0 Å². The summed E-state index contributed by atoms with van der Waals surface area (Å²) in [5.74, 6) is 0.893. The Hall–Kier alpha value is -2.07. The summed E-state index contributed by atoms with van der Waals surface area (Å²) in [6.45, 7) is 0.683. The fraction of sp³-hybridized carbons (Fsp3) is 0.154. The molecule has 4 heteroatoms. The molecule has 0 radical (unpaired) electrons. The molecule has 2 heterocycles. The average molecular weight is 227 g/mol. The zero-order chi connectivity index (χ0) is 11.7. The van der Waals surface area contributed by atoms with Gasteiger partial charge in [-0.1, -0.05) is 12.1 Å². The molecule has 3 aromatic rings. The predicted octanol–water partition coefficient (Wildman–Crippen LogP) is 2.02. The van der Waals surface area contributed by atoms with Gasteiger partial charge in [0.05, 0.1) is 6.61 Å². The molecule has 0 unspecified atom stereocenters. The molecule has 0 aliphatic carbocycles. The van der Waals surface area contributed by atoms with Crippen molar-refractivity contribution in [1.29, 1.82) is 0 Å². The molecule has 2 N–H and O–H groups in total. The number of H-pyrrole nitrogens is 1. The number of aliphatic hydroxyl groups excluding tert-OH is 1. The van der Waals surface area contributed by atoms with Crippen LogP contribution in [0.25, 0.3) is 22.3 Å². The van der Waals surface area contributed by atoms with Crippen LogP contribution in [0.3, 0.4) is 0 Å². The lowest BCUT2D eigenvalue weighted by Gasteiger charge is -2.07. The normalized spacial score (nSPS) is 11.1. The summed E-state index contributed by atoms with van der Waals surface area (Å²) < 4.78 is 1.96. The second kappa shape index (κ2) is 4.07. The van der Waals surface area contributed by atoms with Gasteiger partial charge in [0.15, 0.2) is 0 Å². The Balaban J connectivity index is 2.20. The summed E-state index contributed by atoms with van der Waals surface area (Å²) >= 11 is 0. The van der Waals surface area contributed by atoms with E-state index in [9.17, 15) is 0 Å². The number of nitrogens with one attached hydrogen (secondary N) is 1. The van der Waals surface area contributed by atoms with Crippen molar-refractivity contribution in [1.82, 2.24) is 14.5 Å². The molecule has 1 aromatic carbocycles. The van der Waals surface area contributed by atoms with E-state index in [1.54, 1.807) is 6.20 Å². The van der Waals surface area contributed by atoms with Crippen LogP contribution >= 0.6 is 0 Å². The highest BCUT2D eigenvalue weighted by Crippen LogP contribution is 2.26. The smallest absolute Gasteiger partial charge is 0.140 e. The van der Waals surface area contributed by atoms with Gasteiger partial charge in [-0.15, -0.1) is 0 Å². The van der Waals surface area contributed by atoms with E-state index in [4.69, 9.17) is 5.11 Å². The number of aliphatic hydroxyl groups is 1. The number of aromatic nitrogens is 3. The average Bonchev–Trinajstić information content (AvgIpc) is 2.96. The van der Waals surface area contributed by atoms with E-state index in [0.717, 1.165) is 22.3 Å².